The summed E-state index contributed by atoms with van der Waals surface area (Å²) in [5.74, 6) is 1.12. The van der Waals surface area contributed by atoms with Gasteiger partial charge in [-0.3, -0.25) is 4.79 Å². The Bertz CT molecular complexity index is 637. The molecule has 2 atom stereocenters. The number of aryl methyl sites for hydroxylation is 1. The second kappa shape index (κ2) is 10.4. The van der Waals surface area contributed by atoms with Gasteiger partial charge in [-0.05, 0) is 50.3 Å². The van der Waals surface area contributed by atoms with E-state index in [0.29, 0.717) is 0 Å². The van der Waals surface area contributed by atoms with E-state index in [4.69, 9.17) is 14.2 Å². The van der Waals surface area contributed by atoms with Crippen LogP contribution in [0.5, 0.6) is 11.5 Å². The Hall–Kier alpha value is -1.97. The van der Waals surface area contributed by atoms with Crippen molar-refractivity contribution in [2.75, 3.05) is 21.3 Å². The van der Waals surface area contributed by atoms with E-state index >= 15 is 0 Å². The molecule has 27 heavy (non-hydrogen) atoms. The highest BCUT2D eigenvalue weighted by Gasteiger charge is 2.35. The van der Waals surface area contributed by atoms with Crippen molar-refractivity contribution in [3.8, 4) is 11.5 Å². The van der Waals surface area contributed by atoms with Gasteiger partial charge in [0.15, 0.2) is 0 Å². The van der Waals surface area contributed by atoms with E-state index in [1.54, 1.807) is 14.2 Å². The fourth-order valence-electron chi connectivity index (χ4n) is 3.99. The Balaban J connectivity index is 2.41. The van der Waals surface area contributed by atoms with Gasteiger partial charge >= 0.3 is 5.97 Å². The molecule has 0 radical (unpaired) electrons. The van der Waals surface area contributed by atoms with Crippen LogP contribution in [-0.4, -0.2) is 27.3 Å². The average molecular weight is 375 g/mol. The van der Waals surface area contributed by atoms with Crippen LogP contribution in [0.2, 0.25) is 0 Å². The lowest BCUT2D eigenvalue weighted by Gasteiger charge is -2.30. The molecule has 1 aliphatic carbocycles. The monoisotopic (exact) mass is 374 g/mol. The summed E-state index contributed by atoms with van der Waals surface area (Å²) in [6.07, 6.45) is 9.76. The fraction of sp³-hybridized carbons (Fsp3) is 0.609. The summed E-state index contributed by atoms with van der Waals surface area (Å²) in [5, 5.41) is 0. The van der Waals surface area contributed by atoms with Crippen LogP contribution in [0.4, 0.5) is 0 Å². The molecule has 0 unspecified atom stereocenters. The summed E-state index contributed by atoms with van der Waals surface area (Å²) in [4.78, 5) is 12.4. The van der Waals surface area contributed by atoms with E-state index in [1.807, 2.05) is 0 Å². The van der Waals surface area contributed by atoms with E-state index in [0.717, 1.165) is 42.7 Å². The van der Waals surface area contributed by atoms with Gasteiger partial charge in [0, 0.05) is 11.5 Å². The number of ether oxygens (including phenoxy) is 3. The number of carbonyl (C=O) groups is 1. The highest BCUT2D eigenvalue weighted by molar-refractivity contribution is 5.75. The highest BCUT2D eigenvalue weighted by Crippen LogP contribution is 2.45. The van der Waals surface area contributed by atoms with Gasteiger partial charge in [0.2, 0.25) is 0 Å². The van der Waals surface area contributed by atoms with Gasteiger partial charge < -0.3 is 14.2 Å². The number of hydrogen-bond donors (Lipinski definition) is 0. The predicted molar refractivity (Wildman–Crippen MR) is 109 cm³/mol. The van der Waals surface area contributed by atoms with Crippen LogP contribution >= 0.6 is 0 Å². The first-order valence-corrected chi connectivity index (χ1v) is 10.1. The Morgan fingerprint density at radius 1 is 1.07 bits per heavy atom. The van der Waals surface area contributed by atoms with Gasteiger partial charge in [-0.15, -0.1) is 0 Å². The maximum absolute atomic E-state index is 12.4. The van der Waals surface area contributed by atoms with Crippen molar-refractivity contribution in [2.45, 2.75) is 64.7 Å². The summed E-state index contributed by atoms with van der Waals surface area (Å²) in [6, 6.07) is 4.21. The molecule has 0 fully saturated rings. The molecule has 150 valence electrons. The van der Waals surface area contributed by atoms with E-state index < -0.39 is 0 Å². The number of carbonyl (C=O) groups excluding carboxylic acids is 1. The molecule has 1 aromatic rings. The molecule has 0 bridgehead atoms. The van der Waals surface area contributed by atoms with Gasteiger partial charge in [0.25, 0.3) is 0 Å². The topological polar surface area (TPSA) is 44.8 Å². The van der Waals surface area contributed by atoms with Crippen LogP contribution in [0, 0.1) is 5.92 Å². The molecule has 4 heteroatoms. The fourth-order valence-corrected chi connectivity index (χ4v) is 3.99. The van der Waals surface area contributed by atoms with Crippen LogP contribution in [0.1, 0.15) is 69.4 Å². The van der Waals surface area contributed by atoms with Crippen molar-refractivity contribution in [3.63, 3.8) is 0 Å². The Labute approximate surface area is 163 Å². The smallest absolute Gasteiger partial charge is 0.309 e. The zero-order chi connectivity index (χ0) is 19.8. The molecule has 0 aromatic heterocycles. The lowest BCUT2D eigenvalue weighted by atomic mass is 9.76. The number of allylic oxidation sites excluding steroid dienone is 2. The number of esters is 1. The van der Waals surface area contributed by atoms with Crippen LogP contribution in [0.3, 0.4) is 0 Å². The lowest BCUT2D eigenvalue weighted by molar-refractivity contribution is -0.146. The minimum Gasteiger partial charge on any atom is -0.496 e. The van der Waals surface area contributed by atoms with Crippen molar-refractivity contribution in [1.82, 2.24) is 0 Å². The molecular weight excluding hydrogens is 340 g/mol. The molecule has 0 N–H and O–H groups in total. The van der Waals surface area contributed by atoms with E-state index in [2.05, 4.69) is 32.1 Å². The molecule has 0 amide bonds. The zero-order valence-electron chi connectivity index (χ0n) is 17.5. The molecule has 0 spiro atoms. The lowest BCUT2D eigenvalue weighted by Crippen LogP contribution is -2.26. The summed E-state index contributed by atoms with van der Waals surface area (Å²) in [6.45, 7) is 4.33. The van der Waals surface area contributed by atoms with Crippen molar-refractivity contribution in [3.05, 3.63) is 34.9 Å². The van der Waals surface area contributed by atoms with Gasteiger partial charge in [-0.2, -0.15) is 0 Å². The number of rotatable bonds is 9. The van der Waals surface area contributed by atoms with E-state index in [1.165, 1.54) is 37.5 Å². The normalized spacial score (nSPS) is 19.4. The minimum absolute atomic E-state index is 0.0924. The molecule has 2 rings (SSSR count). The maximum Gasteiger partial charge on any atom is 0.309 e. The summed E-state index contributed by atoms with van der Waals surface area (Å²) >= 11 is 0. The van der Waals surface area contributed by atoms with Crippen LogP contribution in [-0.2, 0) is 16.0 Å². The molecule has 0 saturated carbocycles. The zero-order valence-corrected chi connectivity index (χ0v) is 17.5. The molecule has 4 nitrogen and oxygen atoms in total. The number of benzene rings is 1. The minimum atomic E-state index is -0.211. The van der Waals surface area contributed by atoms with Crippen molar-refractivity contribution in [2.24, 2.45) is 5.92 Å². The van der Waals surface area contributed by atoms with Crippen LogP contribution in [0.15, 0.2) is 23.8 Å². The van der Waals surface area contributed by atoms with Crippen molar-refractivity contribution >= 4 is 5.97 Å². The quantitative estimate of drug-likeness (QED) is 0.328. The second-order valence-electron chi connectivity index (χ2n) is 7.43. The molecule has 0 aliphatic heterocycles. The van der Waals surface area contributed by atoms with Gasteiger partial charge in [-0.25, -0.2) is 0 Å². The molecule has 1 aromatic carbocycles. The van der Waals surface area contributed by atoms with Gasteiger partial charge in [0.05, 0.1) is 27.2 Å². The van der Waals surface area contributed by atoms with Crippen molar-refractivity contribution < 1.29 is 19.0 Å². The first-order chi connectivity index (χ1) is 13.0. The standard InChI is InChI=1S/C23H34O4/c1-6-7-8-9-10-17-14-20(25-3)22(21(15-17)26-4)19-13-16(2)11-12-18(19)23(24)27-5/h13-15,18-19H,6-12H2,1-5H3/t18-,19-/m1/s1. The number of methoxy groups -OCH3 is 3. The predicted octanol–water partition coefficient (Wildman–Crippen LogP) is 5.44. The molecule has 0 saturated heterocycles. The highest BCUT2D eigenvalue weighted by atomic mass is 16.5. The largest absolute Gasteiger partial charge is 0.496 e. The molecular formula is C23H34O4. The van der Waals surface area contributed by atoms with E-state index in [9.17, 15) is 4.79 Å². The maximum atomic E-state index is 12.4. The van der Waals surface area contributed by atoms with Gasteiger partial charge in [-0.1, -0.05) is 37.8 Å². The third kappa shape index (κ3) is 5.27. The first-order valence-electron chi connectivity index (χ1n) is 10.1. The third-order valence-corrected chi connectivity index (χ3v) is 5.51. The number of hydrogen-bond acceptors (Lipinski definition) is 4. The molecule has 0 heterocycles. The SMILES string of the molecule is CCCCCCc1cc(OC)c([C@@H]2C=C(C)CC[C@H]2C(=O)OC)c(OC)c1. The summed E-state index contributed by atoms with van der Waals surface area (Å²) < 4.78 is 16.6. The Morgan fingerprint density at radius 3 is 2.30 bits per heavy atom. The van der Waals surface area contributed by atoms with Crippen LogP contribution < -0.4 is 9.47 Å². The summed E-state index contributed by atoms with van der Waals surface area (Å²) in [5.41, 5.74) is 3.45. The second-order valence-corrected chi connectivity index (χ2v) is 7.43. The summed E-state index contributed by atoms with van der Waals surface area (Å²) in [7, 11) is 4.83. The van der Waals surface area contributed by atoms with E-state index in [-0.39, 0.29) is 17.8 Å². The Kier molecular flexibility index (Phi) is 8.21. The molecule has 1 aliphatic rings. The Morgan fingerprint density at radius 2 is 1.74 bits per heavy atom. The first kappa shape index (κ1) is 21.3. The van der Waals surface area contributed by atoms with Gasteiger partial charge in [0.1, 0.15) is 11.5 Å². The van der Waals surface area contributed by atoms with Crippen molar-refractivity contribution in [1.29, 1.82) is 0 Å². The van der Waals surface area contributed by atoms with Crippen LogP contribution in [0.25, 0.3) is 0 Å². The number of unbranched alkanes of at least 4 members (excludes halogenated alkanes) is 3. The third-order valence-electron chi connectivity index (χ3n) is 5.51. The average Bonchev–Trinajstić information content (AvgIpc) is 2.69.